The molecule has 4 heteroatoms. The molecule has 84 valence electrons. The van der Waals surface area contributed by atoms with Gasteiger partial charge in [-0.1, -0.05) is 0 Å². The highest BCUT2D eigenvalue weighted by atomic mass is 19.1. The average Bonchev–Trinajstić information content (AvgIpc) is 1.99. The van der Waals surface area contributed by atoms with E-state index in [-0.39, 0.29) is 0 Å². The minimum absolute atomic E-state index is 0.556. The molecule has 0 aromatic rings. The summed E-state index contributed by atoms with van der Waals surface area (Å²) in [6.45, 7) is 7.13. The predicted molar refractivity (Wildman–Crippen MR) is 51.6 cm³/mol. The van der Waals surface area contributed by atoms with Gasteiger partial charge in [0.05, 0.1) is 6.61 Å². The Hall–Kier alpha value is -0.640. The van der Waals surface area contributed by atoms with Crippen LogP contribution in [0, 0.1) is 5.41 Å². The molecule has 0 aliphatic heterocycles. The molecular weight excluding hydrogens is 187 g/mol. The molecule has 0 aromatic carbocycles. The summed E-state index contributed by atoms with van der Waals surface area (Å²) < 4.78 is 18.1. The van der Waals surface area contributed by atoms with Gasteiger partial charge in [-0.05, 0) is 34.6 Å². The fraction of sp³-hybridized carbons (Fsp3) is 0.900. The molecule has 2 unspecified atom stereocenters. The van der Waals surface area contributed by atoms with Crippen molar-refractivity contribution in [3.05, 3.63) is 0 Å². The molecule has 0 saturated heterocycles. The molecule has 2 atom stereocenters. The zero-order valence-electron chi connectivity index (χ0n) is 9.43. The van der Waals surface area contributed by atoms with Crippen molar-refractivity contribution in [2.45, 2.75) is 46.4 Å². The molecule has 0 heterocycles. The Balaban J connectivity index is 4.64. The van der Waals surface area contributed by atoms with Crippen molar-refractivity contribution in [2.24, 2.45) is 5.41 Å². The molecule has 0 spiro atoms. The lowest BCUT2D eigenvalue weighted by Gasteiger charge is -2.30. The number of hydrogen-bond donors (Lipinski definition) is 1. The highest BCUT2D eigenvalue weighted by molar-refractivity contribution is 5.77. The molecule has 0 aliphatic carbocycles. The highest BCUT2D eigenvalue weighted by Gasteiger charge is 2.42. The van der Waals surface area contributed by atoms with E-state index in [4.69, 9.17) is 9.84 Å². The van der Waals surface area contributed by atoms with E-state index in [2.05, 4.69) is 0 Å². The van der Waals surface area contributed by atoms with Gasteiger partial charge in [0.25, 0.3) is 0 Å². The van der Waals surface area contributed by atoms with Crippen LogP contribution in [0.1, 0.15) is 34.6 Å². The monoisotopic (exact) mass is 206 g/mol. The Labute approximate surface area is 84.3 Å². The predicted octanol–water partition coefficient (Wildman–Crippen LogP) is 1.68. The number of hydrogen-bond acceptors (Lipinski definition) is 3. The van der Waals surface area contributed by atoms with E-state index in [1.165, 1.54) is 13.8 Å². The summed E-state index contributed by atoms with van der Waals surface area (Å²) in [5, 5.41) is 8.98. The Kier molecular flexibility index (Phi) is 4.06. The third kappa shape index (κ3) is 3.25. The van der Waals surface area contributed by atoms with Crippen LogP contribution in [0.25, 0.3) is 0 Å². The SMILES string of the molecule is CC(F)C(C)(CO)C(=O)OC(C)(C)C. The van der Waals surface area contributed by atoms with Crippen LogP contribution in [0.4, 0.5) is 4.39 Å². The topological polar surface area (TPSA) is 46.5 Å². The lowest BCUT2D eigenvalue weighted by atomic mass is 9.87. The number of aliphatic hydroxyl groups is 1. The maximum absolute atomic E-state index is 13.1. The van der Waals surface area contributed by atoms with Gasteiger partial charge >= 0.3 is 5.97 Å². The van der Waals surface area contributed by atoms with Crippen LogP contribution >= 0.6 is 0 Å². The van der Waals surface area contributed by atoms with E-state index in [9.17, 15) is 9.18 Å². The molecule has 14 heavy (non-hydrogen) atoms. The van der Waals surface area contributed by atoms with E-state index < -0.39 is 29.8 Å². The number of alkyl halides is 1. The van der Waals surface area contributed by atoms with Crippen LogP contribution in [0.15, 0.2) is 0 Å². The highest BCUT2D eigenvalue weighted by Crippen LogP contribution is 2.27. The van der Waals surface area contributed by atoms with Crippen molar-refractivity contribution in [2.75, 3.05) is 6.61 Å². The number of esters is 1. The maximum atomic E-state index is 13.1. The standard InChI is InChI=1S/C10H19FO3/c1-7(11)10(5,6-12)8(13)14-9(2,3)4/h7,12H,6H2,1-5H3. The van der Waals surface area contributed by atoms with Crippen molar-refractivity contribution in [3.8, 4) is 0 Å². The van der Waals surface area contributed by atoms with Crippen molar-refractivity contribution in [1.82, 2.24) is 0 Å². The van der Waals surface area contributed by atoms with Crippen LogP contribution in [-0.2, 0) is 9.53 Å². The zero-order chi connectivity index (χ0) is 11.6. The van der Waals surface area contributed by atoms with E-state index in [1.54, 1.807) is 20.8 Å². The van der Waals surface area contributed by atoms with Gasteiger partial charge in [0, 0.05) is 0 Å². The first kappa shape index (κ1) is 13.4. The van der Waals surface area contributed by atoms with E-state index in [1.807, 2.05) is 0 Å². The molecule has 0 aromatic heterocycles. The van der Waals surface area contributed by atoms with Gasteiger partial charge in [0.2, 0.25) is 0 Å². The average molecular weight is 206 g/mol. The Morgan fingerprint density at radius 2 is 1.86 bits per heavy atom. The van der Waals surface area contributed by atoms with Gasteiger partial charge in [-0.3, -0.25) is 4.79 Å². The lowest BCUT2D eigenvalue weighted by Crippen LogP contribution is -2.43. The normalized spacial score (nSPS) is 18.5. The third-order valence-electron chi connectivity index (χ3n) is 2.07. The summed E-state index contributed by atoms with van der Waals surface area (Å²) in [6, 6.07) is 0. The Morgan fingerprint density at radius 1 is 1.43 bits per heavy atom. The smallest absolute Gasteiger partial charge is 0.317 e. The van der Waals surface area contributed by atoms with E-state index in [0.717, 1.165) is 0 Å². The summed E-state index contributed by atoms with van der Waals surface area (Å²) in [4.78, 5) is 11.5. The Morgan fingerprint density at radius 3 is 2.07 bits per heavy atom. The molecule has 0 amide bonds. The molecule has 0 saturated carbocycles. The van der Waals surface area contributed by atoms with Crippen molar-refractivity contribution >= 4 is 5.97 Å². The number of ether oxygens (including phenoxy) is 1. The fourth-order valence-corrected chi connectivity index (χ4v) is 0.747. The molecule has 0 fully saturated rings. The van der Waals surface area contributed by atoms with Gasteiger partial charge in [0.15, 0.2) is 0 Å². The first-order valence-electron chi connectivity index (χ1n) is 4.62. The van der Waals surface area contributed by atoms with Crippen molar-refractivity contribution in [3.63, 3.8) is 0 Å². The molecule has 1 N–H and O–H groups in total. The molecule has 0 radical (unpaired) electrons. The quantitative estimate of drug-likeness (QED) is 0.715. The summed E-state index contributed by atoms with van der Waals surface area (Å²) >= 11 is 0. The second kappa shape index (κ2) is 4.26. The van der Waals surface area contributed by atoms with Gasteiger partial charge in [0.1, 0.15) is 17.2 Å². The number of carbonyl (C=O) groups excluding carboxylic acids is 1. The number of carbonyl (C=O) groups is 1. The molecule has 0 rings (SSSR count). The molecule has 0 bridgehead atoms. The number of rotatable bonds is 3. The summed E-state index contributed by atoms with van der Waals surface area (Å²) in [7, 11) is 0. The Bertz CT molecular complexity index is 208. The minimum atomic E-state index is -1.46. The minimum Gasteiger partial charge on any atom is -0.459 e. The van der Waals surface area contributed by atoms with Crippen LogP contribution in [-0.4, -0.2) is 29.5 Å². The summed E-state index contributed by atoms with van der Waals surface area (Å²) in [5.41, 5.74) is -2.13. The lowest BCUT2D eigenvalue weighted by molar-refractivity contribution is -0.173. The van der Waals surface area contributed by atoms with Crippen LogP contribution in [0.3, 0.4) is 0 Å². The number of halogens is 1. The van der Waals surface area contributed by atoms with E-state index in [0.29, 0.717) is 0 Å². The third-order valence-corrected chi connectivity index (χ3v) is 2.07. The second-order valence-corrected chi connectivity index (χ2v) is 4.69. The zero-order valence-corrected chi connectivity index (χ0v) is 9.43. The maximum Gasteiger partial charge on any atom is 0.317 e. The van der Waals surface area contributed by atoms with Crippen LogP contribution in [0.5, 0.6) is 0 Å². The van der Waals surface area contributed by atoms with Crippen LogP contribution in [0.2, 0.25) is 0 Å². The van der Waals surface area contributed by atoms with Crippen molar-refractivity contribution < 1.29 is 19.0 Å². The molecule has 0 aliphatic rings. The van der Waals surface area contributed by atoms with Crippen LogP contribution < -0.4 is 0 Å². The first-order chi connectivity index (χ1) is 6.13. The van der Waals surface area contributed by atoms with Gasteiger partial charge in [-0.25, -0.2) is 4.39 Å². The fourth-order valence-electron chi connectivity index (χ4n) is 0.747. The van der Waals surface area contributed by atoms with Gasteiger partial charge in [-0.2, -0.15) is 0 Å². The molecular formula is C10H19FO3. The van der Waals surface area contributed by atoms with Crippen molar-refractivity contribution in [1.29, 1.82) is 0 Å². The van der Waals surface area contributed by atoms with E-state index >= 15 is 0 Å². The number of aliphatic hydroxyl groups excluding tert-OH is 1. The summed E-state index contributed by atoms with van der Waals surface area (Å²) in [5.74, 6) is -0.706. The first-order valence-corrected chi connectivity index (χ1v) is 4.62. The van der Waals surface area contributed by atoms with Gasteiger partial charge in [-0.15, -0.1) is 0 Å². The molecule has 3 nitrogen and oxygen atoms in total. The largest absolute Gasteiger partial charge is 0.459 e. The van der Waals surface area contributed by atoms with Gasteiger partial charge < -0.3 is 9.84 Å². The second-order valence-electron chi connectivity index (χ2n) is 4.69. The summed E-state index contributed by atoms with van der Waals surface area (Å²) in [6.07, 6.45) is -1.44.